The number of anilines is 1. The SMILES string of the molecule is C/C=C\C(CC1=Cc2ccc(-c3ccc4c(c3)-c3ccccc3C3=NC/C=C\C=C/C(CC)N34)cc2C1(C)C(C)C)P(=O)(C1=CC=CCC1)c1ccccc1. The van der Waals surface area contributed by atoms with Crippen LogP contribution in [-0.4, -0.2) is 24.1 Å². The van der Waals surface area contributed by atoms with E-state index in [0.29, 0.717) is 12.5 Å². The maximum absolute atomic E-state index is 15.7. The Balaban J connectivity index is 1.19. The fourth-order valence-electron chi connectivity index (χ4n) is 9.30. The van der Waals surface area contributed by atoms with Crippen LogP contribution in [0.4, 0.5) is 5.69 Å². The molecule has 4 aromatic carbocycles. The fraction of sp³-hybridized carbons (Fsp3) is 0.275. The number of nitrogens with zero attached hydrogens (tertiary/aromatic N) is 2. The highest BCUT2D eigenvalue weighted by Crippen LogP contribution is 2.63. The smallest absolute Gasteiger partial charge is 0.146 e. The molecule has 4 heteroatoms. The number of benzene rings is 4. The lowest BCUT2D eigenvalue weighted by Crippen LogP contribution is -2.42. The van der Waals surface area contributed by atoms with Gasteiger partial charge in [-0.25, -0.2) is 0 Å². The molecule has 278 valence electrons. The van der Waals surface area contributed by atoms with Crippen molar-refractivity contribution in [2.24, 2.45) is 10.9 Å². The Morgan fingerprint density at radius 1 is 0.891 bits per heavy atom. The van der Waals surface area contributed by atoms with Gasteiger partial charge in [-0.05, 0) is 89.9 Å². The minimum atomic E-state index is -2.97. The zero-order valence-corrected chi connectivity index (χ0v) is 33.8. The van der Waals surface area contributed by atoms with Gasteiger partial charge in [0.25, 0.3) is 0 Å². The summed E-state index contributed by atoms with van der Waals surface area (Å²) in [6.07, 6.45) is 25.4. The normalized spacial score (nSPS) is 22.8. The number of aliphatic imine (C=N–C) groups is 1. The van der Waals surface area contributed by atoms with Crippen molar-refractivity contribution < 1.29 is 4.57 Å². The van der Waals surface area contributed by atoms with E-state index in [0.717, 1.165) is 42.1 Å². The van der Waals surface area contributed by atoms with Gasteiger partial charge >= 0.3 is 0 Å². The van der Waals surface area contributed by atoms with Crippen molar-refractivity contribution in [3.05, 3.63) is 173 Å². The van der Waals surface area contributed by atoms with Gasteiger partial charge in [0.05, 0.1) is 18.3 Å². The fourth-order valence-corrected chi connectivity index (χ4v) is 12.7. The Labute approximate surface area is 328 Å². The quantitative estimate of drug-likeness (QED) is 0.126. The van der Waals surface area contributed by atoms with Crippen LogP contribution in [0.5, 0.6) is 0 Å². The maximum Gasteiger partial charge on any atom is 0.146 e. The summed E-state index contributed by atoms with van der Waals surface area (Å²) in [6.45, 7) is 12.1. The third-order valence-electron chi connectivity index (χ3n) is 12.6. The van der Waals surface area contributed by atoms with E-state index in [1.807, 2.05) is 18.2 Å². The molecule has 0 fully saturated rings. The van der Waals surface area contributed by atoms with Crippen LogP contribution in [-0.2, 0) is 9.98 Å². The summed E-state index contributed by atoms with van der Waals surface area (Å²) in [4.78, 5) is 7.59. The second-order valence-electron chi connectivity index (χ2n) is 15.8. The summed E-state index contributed by atoms with van der Waals surface area (Å²) in [5, 5.41) is 2.05. The summed E-state index contributed by atoms with van der Waals surface area (Å²) < 4.78 is 15.7. The Morgan fingerprint density at radius 3 is 2.40 bits per heavy atom. The van der Waals surface area contributed by atoms with E-state index in [4.69, 9.17) is 4.99 Å². The molecule has 0 amide bonds. The van der Waals surface area contributed by atoms with E-state index in [-0.39, 0.29) is 17.1 Å². The van der Waals surface area contributed by atoms with Crippen LogP contribution in [0.3, 0.4) is 0 Å². The second kappa shape index (κ2) is 15.3. The van der Waals surface area contributed by atoms with Gasteiger partial charge in [-0.3, -0.25) is 4.99 Å². The van der Waals surface area contributed by atoms with Crippen molar-refractivity contribution in [3.8, 4) is 22.3 Å². The molecule has 0 N–H and O–H groups in total. The van der Waals surface area contributed by atoms with Crippen molar-refractivity contribution in [1.29, 1.82) is 0 Å². The zero-order valence-electron chi connectivity index (χ0n) is 33.0. The summed E-state index contributed by atoms with van der Waals surface area (Å²) >= 11 is 0. The minimum Gasteiger partial charge on any atom is -0.319 e. The first-order valence-corrected chi connectivity index (χ1v) is 22.0. The van der Waals surface area contributed by atoms with Crippen molar-refractivity contribution in [3.63, 3.8) is 0 Å². The van der Waals surface area contributed by atoms with Gasteiger partial charge < -0.3 is 9.46 Å². The van der Waals surface area contributed by atoms with Gasteiger partial charge in [-0.15, -0.1) is 0 Å². The molecule has 0 saturated carbocycles. The zero-order chi connectivity index (χ0) is 38.2. The molecule has 3 nitrogen and oxygen atoms in total. The molecule has 2 aliphatic carbocycles. The van der Waals surface area contributed by atoms with Crippen LogP contribution >= 0.6 is 7.14 Å². The predicted molar refractivity (Wildman–Crippen MR) is 237 cm³/mol. The second-order valence-corrected chi connectivity index (χ2v) is 18.9. The molecule has 4 aliphatic rings. The molecule has 55 heavy (non-hydrogen) atoms. The van der Waals surface area contributed by atoms with E-state index >= 15 is 4.57 Å². The molecule has 4 unspecified atom stereocenters. The molecule has 2 heterocycles. The van der Waals surface area contributed by atoms with E-state index in [9.17, 15) is 0 Å². The molecule has 2 aliphatic heterocycles. The van der Waals surface area contributed by atoms with Gasteiger partial charge in [0.1, 0.15) is 13.0 Å². The Bertz CT molecular complexity index is 2370. The molecule has 8 rings (SSSR count). The molecule has 0 aromatic heterocycles. The molecule has 0 radical (unpaired) electrons. The molecule has 4 aromatic rings. The first-order chi connectivity index (χ1) is 26.8. The van der Waals surface area contributed by atoms with Gasteiger partial charge in [0.2, 0.25) is 0 Å². The van der Waals surface area contributed by atoms with Crippen LogP contribution in [0.1, 0.15) is 77.0 Å². The largest absolute Gasteiger partial charge is 0.319 e. The summed E-state index contributed by atoms with van der Waals surface area (Å²) in [6, 6.07) is 33.3. The first-order valence-electron chi connectivity index (χ1n) is 20.2. The summed E-state index contributed by atoms with van der Waals surface area (Å²) in [5.74, 6) is 1.39. The van der Waals surface area contributed by atoms with Crippen molar-refractivity contribution >= 4 is 30.0 Å². The Kier molecular flexibility index (Phi) is 10.3. The minimum absolute atomic E-state index is 0.130. The van der Waals surface area contributed by atoms with Crippen molar-refractivity contribution in [2.45, 2.75) is 77.4 Å². The molecular weight excluding hydrogens is 688 g/mol. The van der Waals surface area contributed by atoms with Crippen LogP contribution in [0.2, 0.25) is 0 Å². The number of hydrogen-bond acceptors (Lipinski definition) is 3. The first kappa shape index (κ1) is 37.0. The third-order valence-corrected chi connectivity index (χ3v) is 16.2. The lowest BCUT2D eigenvalue weighted by molar-refractivity contribution is 0.394. The molecule has 0 saturated heterocycles. The number of allylic oxidation sites excluding steroid dienone is 9. The van der Waals surface area contributed by atoms with Gasteiger partial charge in [-0.2, -0.15) is 0 Å². The van der Waals surface area contributed by atoms with E-state index in [1.54, 1.807) is 0 Å². The molecule has 4 atom stereocenters. The van der Waals surface area contributed by atoms with Crippen LogP contribution in [0, 0.1) is 5.92 Å². The highest BCUT2D eigenvalue weighted by Gasteiger charge is 2.44. The van der Waals surface area contributed by atoms with Gasteiger partial charge in [-0.1, -0.05) is 167 Å². The number of fused-ring (bicyclic) bond motifs is 7. The van der Waals surface area contributed by atoms with E-state index in [1.165, 1.54) is 50.2 Å². The van der Waals surface area contributed by atoms with Crippen molar-refractivity contribution in [1.82, 2.24) is 0 Å². The van der Waals surface area contributed by atoms with Crippen molar-refractivity contribution in [2.75, 3.05) is 11.4 Å². The Morgan fingerprint density at radius 2 is 1.65 bits per heavy atom. The van der Waals surface area contributed by atoms with E-state index < -0.39 is 7.14 Å². The lowest BCUT2D eigenvalue weighted by atomic mass is 9.69. The highest BCUT2D eigenvalue weighted by molar-refractivity contribution is 7.76. The number of amidine groups is 1. The highest BCUT2D eigenvalue weighted by atomic mass is 31.2. The maximum atomic E-state index is 15.7. The average Bonchev–Trinajstić information content (AvgIpc) is 3.57. The molecular formula is C51H53N2OP. The van der Waals surface area contributed by atoms with Crippen LogP contribution in [0.15, 0.2) is 162 Å². The third kappa shape index (κ3) is 6.41. The van der Waals surface area contributed by atoms with Crippen LogP contribution in [0.25, 0.3) is 28.3 Å². The summed E-state index contributed by atoms with van der Waals surface area (Å²) in [5.41, 5.74) is 11.0. The molecule has 0 bridgehead atoms. The predicted octanol–water partition coefficient (Wildman–Crippen LogP) is 13.1. The average molecular weight is 741 g/mol. The summed E-state index contributed by atoms with van der Waals surface area (Å²) in [7, 11) is -2.97. The molecule has 0 spiro atoms. The standard InChI is InChI=1S/C51H53N2OP/c1-6-19-44(55(54,42-21-12-8-13-22-42)43-23-14-9-15-24-43)35-40-32-39-28-27-38(34-48(39)51(40,5)36(3)4)37-29-30-49-47(33-37)45-25-16-17-26-46(45)50-52-31-18-10-11-20-41(7-2)53(49)50/h6,8-14,16-23,25-30,32-34,36,41,44H,7,15,24,31,35H2,1-5H3/b18-10-,19-6-,20-11-,52-50?. The number of hydrogen-bond donors (Lipinski definition) is 0. The van der Waals surface area contributed by atoms with Crippen LogP contribution < -0.4 is 10.2 Å². The Hall–Kier alpha value is -4.98. The van der Waals surface area contributed by atoms with Gasteiger partial charge in [0.15, 0.2) is 0 Å². The van der Waals surface area contributed by atoms with E-state index in [2.05, 4.69) is 173 Å². The topological polar surface area (TPSA) is 32.7 Å². The van der Waals surface area contributed by atoms with Gasteiger partial charge in [0, 0.05) is 27.5 Å². The number of rotatable bonds is 9. The monoisotopic (exact) mass is 740 g/mol. The lowest BCUT2D eigenvalue weighted by Gasteiger charge is -2.38.